The number of aryl methyl sites for hydroxylation is 1. The lowest BCUT2D eigenvalue weighted by atomic mass is 9.91. The molecule has 2 N–H and O–H groups in total. The van der Waals surface area contributed by atoms with Crippen LogP contribution >= 0.6 is 0 Å². The summed E-state index contributed by atoms with van der Waals surface area (Å²) in [6, 6.07) is 9.69. The van der Waals surface area contributed by atoms with E-state index in [1.807, 2.05) is 0 Å². The fraction of sp³-hybridized carbons (Fsp3) is 0.571. The van der Waals surface area contributed by atoms with Crippen molar-refractivity contribution in [3.05, 3.63) is 29.8 Å². The van der Waals surface area contributed by atoms with Crippen molar-refractivity contribution in [2.24, 2.45) is 5.73 Å². The van der Waals surface area contributed by atoms with Crippen LogP contribution < -0.4 is 10.6 Å². The Hall–Kier alpha value is -1.02. The standard InChI is InChI=1S/C14H22N2/c1-2-12-6-8-14(9-7-12)16(11-10-15)13-4-3-5-13/h6-9,13H,2-5,10-11,15H2,1H3. The number of rotatable bonds is 5. The van der Waals surface area contributed by atoms with Crippen LogP contribution in [0, 0.1) is 0 Å². The van der Waals surface area contributed by atoms with Crippen LogP contribution in [0.25, 0.3) is 0 Å². The Bertz CT molecular complexity index is 314. The predicted molar refractivity (Wildman–Crippen MR) is 69.9 cm³/mol. The van der Waals surface area contributed by atoms with E-state index in [2.05, 4.69) is 36.1 Å². The fourth-order valence-corrected chi connectivity index (χ4v) is 2.28. The average molecular weight is 218 g/mol. The van der Waals surface area contributed by atoms with Crippen LogP contribution in [-0.4, -0.2) is 19.1 Å². The van der Waals surface area contributed by atoms with Gasteiger partial charge in [-0.1, -0.05) is 19.1 Å². The molecule has 0 saturated heterocycles. The van der Waals surface area contributed by atoms with Gasteiger partial charge >= 0.3 is 0 Å². The highest BCUT2D eigenvalue weighted by atomic mass is 15.2. The molecule has 0 aromatic heterocycles. The largest absolute Gasteiger partial charge is 0.367 e. The van der Waals surface area contributed by atoms with Gasteiger partial charge in [0.2, 0.25) is 0 Å². The summed E-state index contributed by atoms with van der Waals surface area (Å²) in [4.78, 5) is 2.48. The molecule has 0 atom stereocenters. The second-order valence-corrected chi connectivity index (χ2v) is 4.59. The molecule has 0 radical (unpaired) electrons. The lowest BCUT2D eigenvalue weighted by Crippen LogP contribution is -2.43. The van der Waals surface area contributed by atoms with Crippen molar-refractivity contribution in [2.75, 3.05) is 18.0 Å². The van der Waals surface area contributed by atoms with Gasteiger partial charge in [-0.15, -0.1) is 0 Å². The van der Waals surface area contributed by atoms with Gasteiger partial charge in [0.15, 0.2) is 0 Å². The molecule has 1 aliphatic rings. The molecule has 0 aliphatic heterocycles. The summed E-state index contributed by atoms with van der Waals surface area (Å²) in [5.74, 6) is 0. The molecule has 0 unspecified atom stereocenters. The van der Waals surface area contributed by atoms with E-state index in [0.29, 0.717) is 0 Å². The molecule has 16 heavy (non-hydrogen) atoms. The van der Waals surface area contributed by atoms with Crippen LogP contribution in [0.15, 0.2) is 24.3 Å². The third kappa shape index (κ3) is 2.38. The number of hydrogen-bond acceptors (Lipinski definition) is 2. The first-order valence-corrected chi connectivity index (χ1v) is 6.40. The fourth-order valence-electron chi connectivity index (χ4n) is 2.28. The van der Waals surface area contributed by atoms with E-state index in [1.165, 1.54) is 30.5 Å². The van der Waals surface area contributed by atoms with Gasteiger partial charge in [0, 0.05) is 24.8 Å². The smallest absolute Gasteiger partial charge is 0.0369 e. The molecule has 2 rings (SSSR count). The van der Waals surface area contributed by atoms with Crippen LogP contribution in [-0.2, 0) is 6.42 Å². The Balaban J connectivity index is 2.10. The predicted octanol–water partition coefficient (Wildman–Crippen LogP) is 2.57. The Morgan fingerprint density at radius 2 is 1.94 bits per heavy atom. The summed E-state index contributed by atoms with van der Waals surface area (Å²) in [6.07, 6.45) is 5.14. The third-order valence-corrected chi connectivity index (χ3v) is 3.56. The highest BCUT2D eigenvalue weighted by Crippen LogP contribution is 2.29. The second-order valence-electron chi connectivity index (χ2n) is 4.59. The maximum atomic E-state index is 5.70. The van der Waals surface area contributed by atoms with Crippen molar-refractivity contribution in [1.29, 1.82) is 0 Å². The van der Waals surface area contributed by atoms with E-state index in [0.717, 1.165) is 25.6 Å². The zero-order valence-corrected chi connectivity index (χ0v) is 10.2. The van der Waals surface area contributed by atoms with Crippen LogP contribution in [0.2, 0.25) is 0 Å². The van der Waals surface area contributed by atoms with Gasteiger partial charge in [-0.3, -0.25) is 0 Å². The molecule has 0 spiro atoms. The summed E-state index contributed by atoms with van der Waals surface area (Å²) in [7, 11) is 0. The van der Waals surface area contributed by atoms with E-state index in [4.69, 9.17) is 5.73 Å². The van der Waals surface area contributed by atoms with Crippen molar-refractivity contribution in [1.82, 2.24) is 0 Å². The molecule has 1 aliphatic carbocycles. The first-order chi connectivity index (χ1) is 7.85. The average Bonchev–Trinajstić information content (AvgIpc) is 2.26. The lowest BCUT2D eigenvalue weighted by molar-refractivity contribution is 0.388. The van der Waals surface area contributed by atoms with Crippen molar-refractivity contribution in [2.45, 2.75) is 38.6 Å². The molecule has 88 valence electrons. The summed E-state index contributed by atoms with van der Waals surface area (Å²) >= 11 is 0. The summed E-state index contributed by atoms with van der Waals surface area (Å²) in [6.45, 7) is 3.92. The molecule has 0 bridgehead atoms. The number of anilines is 1. The maximum absolute atomic E-state index is 5.70. The topological polar surface area (TPSA) is 29.3 Å². The van der Waals surface area contributed by atoms with Crippen LogP contribution in [0.4, 0.5) is 5.69 Å². The van der Waals surface area contributed by atoms with Crippen LogP contribution in [0.3, 0.4) is 0 Å². The number of nitrogens with zero attached hydrogens (tertiary/aromatic N) is 1. The van der Waals surface area contributed by atoms with Crippen LogP contribution in [0.5, 0.6) is 0 Å². The zero-order chi connectivity index (χ0) is 11.4. The van der Waals surface area contributed by atoms with Crippen molar-refractivity contribution < 1.29 is 0 Å². The van der Waals surface area contributed by atoms with Crippen molar-refractivity contribution >= 4 is 5.69 Å². The van der Waals surface area contributed by atoms with Gasteiger partial charge in [0.25, 0.3) is 0 Å². The second kappa shape index (κ2) is 5.35. The minimum absolute atomic E-state index is 0.732. The Labute approximate surface area is 98.4 Å². The molecule has 1 fully saturated rings. The highest BCUT2D eigenvalue weighted by molar-refractivity contribution is 5.49. The molecule has 2 heteroatoms. The molecule has 0 amide bonds. The van der Waals surface area contributed by atoms with Gasteiger partial charge < -0.3 is 10.6 Å². The Morgan fingerprint density at radius 1 is 1.25 bits per heavy atom. The minimum atomic E-state index is 0.732. The zero-order valence-electron chi connectivity index (χ0n) is 10.2. The monoisotopic (exact) mass is 218 g/mol. The van der Waals surface area contributed by atoms with Crippen molar-refractivity contribution in [3.63, 3.8) is 0 Å². The van der Waals surface area contributed by atoms with E-state index in [-0.39, 0.29) is 0 Å². The summed E-state index contributed by atoms with van der Waals surface area (Å²) in [5.41, 5.74) is 8.45. The number of nitrogens with two attached hydrogens (primary N) is 1. The molecular weight excluding hydrogens is 196 g/mol. The SMILES string of the molecule is CCc1ccc(N(CCN)C2CCC2)cc1. The molecule has 0 heterocycles. The molecule has 1 aromatic rings. The van der Waals surface area contributed by atoms with Gasteiger partial charge in [-0.05, 0) is 43.4 Å². The van der Waals surface area contributed by atoms with E-state index < -0.39 is 0 Å². The normalized spacial score (nSPS) is 15.9. The minimum Gasteiger partial charge on any atom is -0.367 e. The Morgan fingerprint density at radius 3 is 2.38 bits per heavy atom. The summed E-state index contributed by atoms with van der Waals surface area (Å²) in [5, 5.41) is 0. The highest BCUT2D eigenvalue weighted by Gasteiger charge is 2.24. The first-order valence-electron chi connectivity index (χ1n) is 6.40. The van der Waals surface area contributed by atoms with Gasteiger partial charge in [0.05, 0.1) is 0 Å². The maximum Gasteiger partial charge on any atom is 0.0369 e. The van der Waals surface area contributed by atoms with Crippen molar-refractivity contribution in [3.8, 4) is 0 Å². The van der Waals surface area contributed by atoms with E-state index >= 15 is 0 Å². The van der Waals surface area contributed by atoms with Gasteiger partial charge in [-0.25, -0.2) is 0 Å². The van der Waals surface area contributed by atoms with Gasteiger partial charge in [0.1, 0.15) is 0 Å². The van der Waals surface area contributed by atoms with Crippen LogP contribution in [0.1, 0.15) is 31.7 Å². The molecule has 1 aromatic carbocycles. The lowest BCUT2D eigenvalue weighted by Gasteiger charge is -2.39. The molecular formula is C14H22N2. The van der Waals surface area contributed by atoms with Gasteiger partial charge in [-0.2, -0.15) is 0 Å². The molecule has 1 saturated carbocycles. The number of hydrogen-bond donors (Lipinski definition) is 1. The molecule has 2 nitrogen and oxygen atoms in total. The van der Waals surface area contributed by atoms with E-state index in [9.17, 15) is 0 Å². The number of benzene rings is 1. The van der Waals surface area contributed by atoms with E-state index in [1.54, 1.807) is 0 Å². The summed E-state index contributed by atoms with van der Waals surface area (Å²) < 4.78 is 0. The first kappa shape index (κ1) is 11.5. The Kier molecular flexibility index (Phi) is 3.83. The third-order valence-electron chi connectivity index (χ3n) is 3.56. The quantitative estimate of drug-likeness (QED) is 0.823.